The summed E-state index contributed by atoms with van der Waals surface area (Å²) in [5.41, 5.74) is 0.872. The molecule has 0 aromatic carbocycles. The number of aromatic nitrogens is 2. The van der Waals surface area contributed by atoms with Crippen LogP contribution in [0.1, 0.15) is 64.4 Å². The lowest BCUT2D eigenvalue weighted by Gasteiger charge is -2.28. The van der Waals surface area contributed by atoms with Crippen molar-refractivity contribution >= 4 is 28.4 Å². The number of ether oxygens (including phenoxy) is 1. The smallest absolute Gasteiger partial charge is 0.162 e. The van der Waals surface area contributed by atoms with Gasteiger partial charge in [0.1, 0.15) is 11.4 Å². The number of aryl methyl sites for hydroxylation is 1. The Bertz CT molecular complexity index is 473. The predicted molar refractivity (Wildman–Crippen MR) is 94.7 cm³/mol. The minimum absolute atomic E-state index is 0.258. The molecule has 5 heteroatoms. The fraction of sp³-hybridized carbons (Fsp3) is 0.750. The average molecular weight is 403 g/mol. The molecule has 0 amide bonds. The maximum Gasteiger partial charge on any atom is 0.162 e. The molecular weight excluding hydrogens is 377 g/mol. The molecule has 0 radical (unpaired) electrons. The molecule has 1 N–H and O–H groups in total. The van der Waals surface area contributed by atoms with Gasteiger partial charge >= 0.3 is 0 Å². The van der Waals surface area contributed by atoms with E-state index in [4.69, 9.17) is 14.7 Å². The highest BCUT2D eigenvalue weighted by Gasteiger charge is 2.40. The molecular formula is C16H26IN3O. The Morgan fingerprint density at radius 3 is 2.48 bits per heavy atom. The summed E-state index contributed by atoms with van der Waals surface area (Å²) in [5.74, 6) is 1.86. The molecule has 4 nitrogen and oxygen atoms in total. The fourth-order valence-electron chi connectivity index (χ4n) is 2.95. The van der Waals surface area contributed by atoms with Gasteiger partial charge in [-0.1, -0.05) is 13.8 Å². The summed E-state index contributed by atoms with van der Waals surface area (Å²) >= 11 is 2.36. The van der Waals surface area contributed by atoms with Crippen molar-refractivity contribution in [2.24, 2.45) is 0 Å². The van der Waals surface area contributed by atoms with Crippen molar-refractivity contribution in [3.05, 3.63) is 15.1 Å². The topological polar surface area (TPSA) is 47.0 Å². The highest BCUT2D eigenvalue weighted by Crippen LogP contribution is 2.41. The second-order valence-electron chi connectivity index (χ2n) is 5.57. The van der Waals surface area contributed by atoms with Gasteiger partial charge in [-0.3, -0.25) is 0 Å². The summed E-state index contributed by atoms with van der Waals surface area (Å²) in [6, 6.07) is 0. The number of hydrogen-bond acceptors (Lipinski definition) is 4. The molecule has 1 aromatic rings. The normalized spacial score (nSPS) is 17.1. The summed E-state index contributed by atoms with van der Waals surface area (Å²) in [5, 5.41) is 3.45. The third-order valence-corrected chi connectivity index (χ3v) is 5.17. The lowest BCUT2D eigenvalue weighted by Crippen LogP contribution is -2.30. The van der Waals surface area contributed by atoms with Crippen LogP contribution in [0.25, 0.3) is 0 Å². The molecule has 0 unspecified atom stereocenters. The standard InChI is InChI=1S/C16H26IN3O/c1-4-11-18-14-13(17)12(5-2)19-15(20-14)16(21-6-3)9-7-8-10-16/h4-11H2,1-3H3,(H,18,19,20). The van der Waals surface area contributed by atoms with Gasteiger partial charge < -0.3 is 10.1 Å². The van der Waals surface area contributed by atoms with Crippen LogP contribution in [0.2, 0.25) is 0 Å². The largest absolute Gasteiger partial charge is 0.369 e. The number of nitrogens with zero attached hydrogens (tertiary/aromatic N) is 2. The van der Waals surface area contributed by atoms with Crippen molar-refractivity contribution in [3.8, 4) is 0 Å². The molecule has 0 bridgehead atoms. The predicted octanol–water partition coefficient (Wildman–Crippen LogP) is 4.27. The van der Waals surface area contributed by atoms with Crippen LogP contribution in [-0.2, 0) is 16.8 Å². The molecule has 1 aromatic heterocycles. The third-order valence-electron chi connectivity index (χ3n) is 4.04. The van der Waals surface area contributed by atoms with Crippen LogP contribution in [0.15, 0.2) is 0 Å². The second kappa shape index (κ2) is 7.72. The van der Waals surface area contributed by atoms with Gasteiger partial charge in [0.15, 0.2) is 5.82 Å². The maximum atomic E-state index is 6.12. The van der Waals surface area contributed by atoms with E-state index in [1.54, 1.807) is 0 Å². The van der Waals surface area contributed by atoms with Crippen LogP contribution in [-0.4, -0.2) is 23.1 Å². The number of rotatable bonds is 7. The van der Waals surface area contributed by atoms with Crippen molar-refractivity contribution in [2.45, 2.75) is 64.9 Å². The highest BCUT2D eigenvalue weighted by molar-refractivity contribution is 14.1. The Morgan fingerprint density at radius 2 is 1.90 bits per heavy atom. The van der Waals surface area contributed by atoms with Gasteiger partial charge in [-0.05, 0) is 68.0 Å². The van der Waals surface area contributed by atoms with Crippen LogP contribution in [0.3, 0.4) is 0 Å². The Morgan fingerprint density at radius 1 is 1.19 bits per heavy atom. The van der Waals surface area contributed by atoms with E-state index in [0.717, 1.165) is 53.1 Å². The Labute approximate surface area is 141 Å². The van der Waals surface area contributed by atoms with E-state index in [9.17, 15) is 0 Å². The van der Waals surface area contributed by atoms with Gasteiger partial charge in [0.2, 0.25) is 0 Å². The number of hydrogen-bond donors (Lipinski definition) is 1. The first-order valence-corrected chi connectivity index (χ1v) is 9.19. The van der Waals surface area contributed by atoms with E-state index >= 15 is 0 Å². The maximum absolute atomic E-state index is 6.12. The van der Waals surface area contributed by atoms with E-state index in [-0.39, 0.29) is 5.60 Å². The molecule has 0 spiro atoms. The zero-order valence-corrected chi connectivity index (χ0v) is 15.5. The molecule has 1 aliphatic carbocycles. The van der Waals surface area contributed by atoms with Crippen LogP contribution in [0.5, 0.6) is 0 Å². The van der Waals surface area contributed by atoms with E-state index in [0.29, 0.717) is 6.61 Å². The SMILES string of the molecule is CCCNc1nc(C2(OCC)CCCC2)nc(CC)c1I. The van der Waals surface area contributed by atoms with Crippen LogP contribution >= 0.6 is 22.6 Å². The molecule has 0 saturated heterocycles. The van der Waals surface area contributed by atoms with Gasteiger partial charge in [-0.15, -0.1) is 0 Å². The minimum atomic E-state index is -0.258. The average Bonchev–Trinajstić information content (AvgIpc) is 2.96. The lowest BCUT2D eigenvalue weighted by molar-refractivity contribution is -0.0457. The van der Waals surface area contributed by atoms with Crippen LogP contribution in [0.4, 0.5) is 5.82 Å². The zero-order valence-electron chi connectivity index (χ0n) is 13.3. The summed E-state index contributed by atoms with van der Waals surface area (Å²) in [7, 11) is 0. The fourth-order valence-corrected chi connectivity index (χ4v) is 3.76. The van der Waals surface area contributed by atoms with Crippen molar-refractivity contribution in [1.82, 2.24) is 9.97 Å². The molecule has 1 saturated carbocycles. The van der Waals surface area contributed by atoms with E-state index in [1.165, 1.54) is 12.8 Å². The van der Waals surface area contributed by atoms with Crippen molar-refractivity contribution in [3.63, 3.8) is 0 Å². The first kappa shape index (κ1) is 16.9. The quantitative estimate of drug-likeness (QED) is 0.691. The molecule has 1 fully saturated rings. The second-order valence-corrected chi connectivity index (χ2v) is 6.65. The van der Waals surface area contributed by atoms with Gasteiger partial charge in [0, 0.05) is 13.2 Å². The first-order chi connectivity index (χ1) is 10.2. The summed E-state index contributed by atoms with van der Waals surface area (Å²) in [6.07, 6.45) is 6.50. The van der Waals surface area contributed by atoms with Crippen LogP contribution in [0, 0.1) is 3.57 Å². The molecule has 0 atom stereocenters. The Balaban J connectivity index is 2.41. The van der Waals surface area contributed by atoms with Gasteiger partial charge in [-0.2, -0.15) is 0 Å². The first-order valence-electron chi connectivity index (χ1n) is 8.11. The van der Waals surface area contributed by atoms with Crippen molar-refractivity contribution < 1.29 is 4.74 Å². The highest BCUT2D eigenvalue weighted by atomic mass is 127. The van der Waals surface area contributed by atoms with E-state index in [2.05, 4.69) is 48.7 Å². The van der Waals surface area contributed by atoms with E-state index < -0.39 is 0 Å². The zero-order chi connectivity index (χ0) is 15.3. The van der Waals surface area contributed by atoms with Crippen molar-refractivity contribution in [1.29, 1.82) is 0 Å². The van der Waals surface area contributed by atoms with Crippen molar-refractivity contribution in [2.75, 3.05) is 18.5 Å². The molecule has 2 rings (SSSR count). The summed E-state index contributed by atoms with van der Waals surface area (Å²) in [4.78, 5) is 9.69. The van der Waals surface area contributed by atoms with Crippen LogP contribution < -0.4 is 5.32 Å². The number of halogens is 1. The van der Waals surface area contributed by atoms with Gasteiger partial charge in [0.25, 0.3) is 0 Å². The lowest BCUT2D eigenvalue weighted by atomic mass is 10.0. The van der Waals surface area contributed by atoms with E-state index in [1.807, 2.05) is 0 Å². The Hall–Kier alpha value is -0.430. The summed E-state index contributed by atoms with van der Waals surface area (Å²) < 4.78 is 7.27. The van der Waals surface area contributed by atoms with Gasteiger partial charge in [-0.25, -0.2) is 9.97 Å². The molecule has 1 heterocycles. The molecule has 1 aliphatic rings. The number of nitrogens with one attached hydrogen (secondary N) is 1. The van der Waals surface area contributed by atoms with Gasteiger partial charge in [0.05, 0.1) is 9.26 Å². The minimum Gasteiger partial charge on any atom is -0.369 e. The molecule has 0 aliphatic heterocycles. The molecule has 118 valence electrons. The summed E-state index contributed by atoms with van der Waals surface area (Å²) in [6.45, 7) is 8.04. The monoisotopic (exact) mass is 403 g/mol. The molecule has 21 heavy (non-hydrogen) atoms. The third kappa shape index (κ3) is 3.67. The number of anilines is 1. The Kier molecular flexibility index (Phi) is 6.22.